The molecule has 0 aliphatic rings. The van der Waals surface area contributed by atoms with Crippen molar-refractivity contribution in [3.63, 3.8) is 0 Å². The average molecular weight is 247 g/mol. The number of H-pyrrole nitrogens is 1. The van der Waals surface area contributed by atoms with Gasteiger partial charge in [0.1, 0.15) is 0 Å². The van der Waals surface area contributed by atoms with Gasteiger partial charge in [0.2, 0.25) is 0 Å². The smallest absolute Gasteiger partial charge is 0.251 e. The molecule has 17 heavy (non-hydrogen) atoms. The van der Waals surface area contributed by atoms with Gasteiger partial charge in [-0.05, 0) is 24.6 Å². The predicted octanol–water partition coefficient (Wildman–Crippen LogP) is 1.94. The summed E-state index contributed by atoms with van der Waals surface area (Å²) in [6, 6.07) is 9.32. The first kappa shape index (κ1) is 11.9. The van der Waals surface area contributed by atoms with Gasteiger partial charge in [-0.25, -0.2) is 4.98 Å². The van der Waals surface area contributed by atoms with Crippen LogP contribution >= 0.6 is 11.8 Å². The van der Waals surface area contributed by atoms with E-state index in [0.29, 0.717) is 5.16 Å². The Morgan fingerprint density at radius 1 is 1.29 bits per heavy atom. The van der Waals surface area contributed by atoms with Crippen molar-refractivity contribution in [3.05, 3.63) is 52.4 Å². The second-order valence-corrected chi connectivity index (χ2v) is 4.76. The van der Waals surface area contributed by atoms with Gasteiger partial charge in [0.05, 0.1) is 0 Å². The molecule has 2 aromatic rings. The third kappa shape index (κ3) is 3.18. The molecular formula is C12H13N3OS. The van der Waals surface area contributed by atoms with E-state index in [1.807, 2.05) is 31.2 Å². The lowest BCUT2D eigenvalue weighted by Gasteiger charge is -2.06. The molecule has 2 rings (SSSR count). The Balaban J connectivity index is 2.16. The van der Waals surface area contributed by atoms with E-state index in [2.05, 4.69) is 9.97 Å². The summed E-state index contributed by atoms with van der Waals surface area (Å²) in [4.78, 5) is 18.9. The van der Waals surface area contributed by atoms with Crippen molar-refractivity contribution < 1.29 is 0 Å². The van der Waals surface area contributed by atoms with Gasteiger partial charge in [-0.1, -0.05) is 23.9 Å². The number of rotatable bonds is 3. The zero-order chi connectivity index (χ0) is 12.3. The summed E-state index contributed by atoms with van der Waals surface area (Å²) >= 11 is 1.41. The summed E-state index contributed by atoms with van der Waals surface area (Å²) in [5.74, 6) is 0. The van der Waals surface area contributed by atoms with Gasteiger partial charge in [0.15, 0.2) is 5.16 Å². The summed E-state index contributed by atoms with van der Waals surface area (Å²) in [7, 11) is 0. The van der Waals surface area contributed by atoms with E-state index < -0.39 is 0 Å². The number of nitrogens with one attached hydrogen (secondary N) is 1. The maximum Gasteiger partial charge on any atom is 0.251 e. The standard InChI is InChI=1S/C12H13N3OS/c1-8(13)9-2-4-10(5-3-9)17-12-14-7-6-11(16)15-12/h2-8H,13H2,1H3,(H,14,15,16)/t8-/m0/s1. The normalized spacial score (nSPS) is 12.4. The molecule has 1 aromatic carbocycles. The topological polar surface area (TPSA) is 71.8 Å². The Labute approximate surface area is 103 Å². The highest BCUT2D eigenvalue weighted by molar-refractivity contribution is 7.99. The van der Waals surface area contributed by atoms with Crippen LogP contribution in [0, 0.1) is 0 Å². The molecule has 5 heteroatoms. The van der Waals surface area contributed by atoms with Crippen LogP contribution in [0.15, 0.2) is 51.4 Å². The molecule has 0 aliphatic carbocycles. The largest absolute Gasteiger partial charge is 0.324 e. The van der Waals surface area contributed by atoms with Crippen molar-refractivity contribution in [2.75, 3.05) is 0 Å². The minimum atomic E-state index is -0.144. The first-order chi connectivity index (χ1) is 8.15. The fourth-order valence-electron chi connectivity index (χ4n) is 1.35. The van der Waals surface area contributed by atoms with E-state index in [-0.39, 0.29) is 11.6 Å². The second kappa shape index (κ2) is 5.16. The van der Waals surface area contributed by atoms with Crippen LogP contribution in [0.1, 0.15) is 18.5 Å². The van der Waals surface area contributed by atoms with Gasteiger partial charge >= 0.3 is 0 Å². The maximum absolute atomic E-state index is 11.1. The van der Waals surface area contributed by atoms with E-state index in [4.69, 9.17) is 5.73 Å². The molecule has 0 fully saturated rings. The number of nitrogens with zero attached hydrogens (tertiary/aromatic N) is 1. The van der Waals surface area contributed by atoms with Crippen molar-refractivity contribution in [1.82, 2.24) is 9.97 Å². The van der Waals surface area contributed by atoms with Crippen molar-refractivity contribution in [2.45, 2.75) is 23.0 Å². The summed E-state index contributed by atoms with van der Waals surface area (Å²) in [5, 5.41) is 0.589. The van der Waals surface area contributed by atoms with Gasteiger partial charge in [-0.3, -0.25) is 4.79 Å². The first-order valence-corrected chi connectivity index (χ1v) is 6.05. The number of aromatic nitrogens is 2. The number of nitrogens with two attached hydrogens (primary N) is 1. The Bertz CT molecular complexity index is 548. The highest BCUT2D eigenvalue weighted by atomic mass is 32.2. The summed E-state index contributed by atoms with van der Waals surface area (Å²) in [6.45, 7) is 1.94. The van der Waals surface area contributed by atoms with E-state index in [9.17, 15) is 4.79 Å². The maximum atomic E-state index is 11.1. The van der Waals surface area contributed by atoms with Crippen LogP contribution in [0.5, 0.6) is 0 Å². The number of aromatic amines is 1. The molecule has 0 amide bonds. The summed E-state index contributed by atoms with van der Waals surface area (Å²) < 4.78 is 0. The van der Waals surface area contributed by atoms with Crippen LogP contribution in [0.3, 0.4) is 0 Å². The lowest BCUT2D eigenvalue weighted by Crippen LogP contribution is -2.05. The summed E-state index contributed by atoms with van der Waals surface area (Å²) in [6.07, 6.45) is 1.50. The van der Waals surface area contributed by atoms with E-state index in [1.54, 1.807) is 0 Å². The third-order valence-corrected chi connectivity index (χ3v) is 3.18. The SMILES string of the molecule is C[C@H](N)c1ccc(Sc2nccc(=O)[nH]2)cc1. The predicted molar refractivity (Wildman–Crippen MR) is 68.0 cm³/mol. The molecule has 1 aromatic heterocycles. The van der Waals surface area contributed by atoms with Crippen LogP contribution in [0.2, 0.25) is 0 Å². The average Bonchev–Trinajstić information content (AvgIpc) is 2.29. The lowest BCUT2D eigenvalue weighted by molar-refractivity contribution is 0.817. The number of hydrogen-bond acceptors (Lipinski definition) is 4. The molecule has 88 valence electrons. The Morgan fingerprint density at radius 3 is 2.59 bits per heavy atom. The van der Waals surface area contributed by atoms with Crippen molar-refractivity contribution >= 4 is 11.8 Å². The zero-order valence-corrected chi connectivity index (χ0v) is 10.2. The fraction of sp³-hybridized carbons (Fsp3) is 0.167. The second-order valence-electron chi connectivity index (χ2n) is 3.70. The quantitative estimate of drug-likeness (QED) is 0.813. The van der Waals surface area contributed by atoms with Crippen LogP contribution in [-0.2, 0) is 0 Å². The van der Waals surface area contributed by atoms with Crippen LogP contribution in [-0.4, -0.2) is 9.97 Å². The lowest BCUT2D eigenvalue weighted by atomic mass is 10.1. The van der Waals surface area contributed by atoms with E-state index in [0.717, 1.165) is 10.5 Å². The molecule has 0 saturated carbocycles. The molecular weight excluding hydrogens is 234 g/mol. The third-order valence-electron chi connectivity index (χ3n) is 2.27. The molecule has 0 saturated heterocycles. The van der Waals surface area contributed by atoms with Crippen LogP contribution < -0.4 is 11.3 Å². The zero-order valence-electron chi connectivity index (χ0n) is 9.38. The number of hydrogen-bond donors (Lipinski definition) is 2. The number of benzene rings is 1. The molecule has 0 aliphatic heterocycles. The van der Waals surface area contributed by atoms with Crippen LogP contribution in [0.4, 0.5) is 0 Å². The fourth-order valence-corrected chi connectivity index (χ4v) is 2.12. The molecule has 0 bridgehead atoms. The van der Waals surface area contributed by atoms with Crippen molar-refractivity contribution in [1.29, 1.82) is 0 Å². The van der Waals surface area contributed by atoms with E-state index in [1.165, 1.54) is 24.0 Å². The van der Waals surface area contributed by atoms with Gasteiger partial charge < -0.3 is 10.7 Å². The monoisotopic (exact) mass is 247 g/mol. The van der Waals surface area contributed by atoms with Gasteiger partial charge in [-0.15, -0.1) is 0 Å². The highest BCUT2D eigenvalue weighted by Gasteiger charge is 2.02. The Hall–Kier alpha value is -1.59. The summed E-state index contributed by atoms with van der Waals surface area (Å²) in [5.41, 5.74) is 6.71. The highest BCUT2D eigenvalue weighted by Crippen LogP contribution is 2.24. The van der Waals surface area contributed by atoms with Gasteiger partial charge in [-0.2, -0.15) is 0 Å². The van der Waals surface area contributed by atoms with E-state index >= 15 is 0 Å². The minimum Gasteiger partial charge on any atom is -0.324 e. The molecule has 0 radical (unpaired) electrons. The molecule has 0 spiro atoms. The molecule has 1 heterocycles. The molecule has 0 unspecified atom stereocenters. The molecule has 3 N–H and O–H groups in total. The van der Waals surface area contributed by atoms with Crippen molar-refractivity contribution in [2.24, 2.45) is 5.73 Å². The molecule has 1 atom stereocenters. The van der Waals surface area contributed by atoms with Gasteiger partial charge in [0.25, 0.3) is 5.56 Å². The Morgan fingerprint density at radius 2 is 2.00 bits per heavy atom. The van der Waals surface area contributed by atoms with Gasteiger partial charge in [0, 0.05) is 23.2 Å². The van der Waals surface area contributed by atoms with Crippen LogP contribution in [0.25, 0.3) is 0 Å². The minimum absolute atomic E-state index is 0.0312. The Kier molecular flexibility index (Phi) is 3.61. The first-order valence-electron chi connectivity index (χ1n) is 5.24. The van der Waals surface area contributed by atoms with Crippen molar-refractivity contribution in [3.8, 4) is 0 Å². The molecule has 4 nitrogen and oxygen atoms in total.